The summed E-state index contributed by atoms with van der Waals surface area (Å²) in [6.07, 6.45) is 5.57. The predicted octanol–water partition coefficient (Wildman–Crippen LogP) is 4.12. The summed E-state index contributed by atoms with van der Waals surface area (Å²) in [6.45, 7) is 2.22. The minimum absolute atomic E-state index is 0.00372. The summed E-state index contributed by atoms with van der Waals surface area (Å²) in [5, 5.41) is 0.315. The number of Topliss-reactive ketones (excluding diaryl/α,β-unsaturated/α-hetero) is 1. The van der Waals surface area contributed by atoms with Crippen molar-refractivity contribution < 1.29 is 13.4 Å². The number of benzene rings is 1. The Labute approximate surface area is 128 Å². The summed E-state index contributed by atoms with van der Waals surface area (Å²) >= 11 is 0. The van der Waals surface area contributed by atoms with Gasteiger partial charge in [0.05, 0.1) is 0 Å². The highest BCUT2D eigenvalue weighted by Crippen LogP contribution is 2.27. The maximum Gasteiger partial charge on any atom is 0.162 e. The molecule has 1 aromatic carbocycles. The largest absolute Gasteiger partial charge is 0.294 e. The lowest BCUT2D eigenvalue weighted by Gasteiger charge is -2.25. The molecule has 2 nitrogen and oxygen atoms in total. The van der Waals surface area contributed by atoms with E-state index in [4.69, 9.17) is 0 Å². The topological polar surface area (TPSA) is 34.1 Å². The van der Waals surface area contributed by atoms with Crippen molar-refractivity contribution in [3.63, 3.8) is 0 Å². The molecule has 0 N–H and O–H groups in total. The smallest absolute Gasteiger partial charge is 0.162 e. The van der Waals surface area contributed by atoms with Crippen LogP contribution < -0.4 is 0 Å². The first kappa shape index (κ1) is 16.3. The zero-order chi connectivity index (χ0) is 15.2. The molecular weight excluding hydrogens is 287 g/mol. The molecule has 1 fully saturated rings. The van der Waals surface area contributed by atoms with Crippen molar-refractivity contribution in [3.8, 4) is 0 Å². The molecule has 0 bridgehead atoms. The Bertz CT molecular complexity index is 498. The van der Waals surface area contributed by atoms with E-state index < -0.39 is 10.8 Å². The van der Waals surface area contributed by atoms with Crippen LogP contribution in [0.15, 0.2) is 24.3 Å². The molecule has 0 aliphatic heterocycles. The van der Waals surface area contributed by atoms with Crippen molar-refractivity contribution in [1.82, 2.24) is 0 Å². The SMILES string of the molecule is CC1CCCC(S(=O)CCCC(=O)c2ccc(F)cc2)C1. The van der Waals surface area contributed by atoms with Crippen molar-refractivity contribution in [2.45, 2.75) is 50.7 Å². The highest BCUT2D eigenvalue weighted by atomic mass is 32.2. The standard InChI is InChI=1S/C17H23FO2S/c1-13-4-2-5-16(12-13)21(20)11-3-6-17(19)14-7-9-15(18)10-8-14/h7-10,13,16H,2-6,11-12H2,1H3. The maximum atomic E-state index is 12.8. The molecule has 1 aliphatic carbocycles. The molecule has 0 spiro atoms. The average Bonchev–Trinajstić information content (AvgIpc) is 2.47. The van der Waals surface area contributed by atoms with E-state index in [0.29, 0.717) is 35.3 Å². The van der Waals surface area contributed by atoms with Gasteiger partial charge in [0.25, 0.3) is 0 Å². The van der Waals surface area contributed by atoms with E-state index in [9.17, 15) is 13.4 Å². The molecule has 21 heavy (non-hydrogen) atoms. The van der Waals surface area contributed by atoms with Crippen LogP contribution in [-0.4, -0.2) is 21.0 Å². The van der Waals surface area contributed by atoms with Crippen molar-refractivity contribution >= 4 is 16.6 Å². The number of rotatable bonds is 6. The van der Waals surface area contributed by atoms with E-state index >= 15 is 0 Å². The average molecular weight is 310 g/mol. The van der Waals surface area contributed by atoms with E-state index in [-0.39, 0.29) is 11.6 Å². The Morgan fingerprint density at radius 1 is 1.29 bits per heavy atom. The molecule has 1 saturated carbocycles. The Morgan fingerprint density at radius 2 is 2.00 bits per heavy atom. The Hall–Kier alpha value is -1.03. The van der Waals surface area contributed by atoms with Crippen LogP contribution in [0.2, 0.25) is 0 Å². The monoisotopic (exact) mass is 310 g/mol. The molecule has 1 aromatic rings. The first-order valence-electron chi connectivity index (χ1n) is 7.72. The molecular formula is C17H23FO2S. The third-order valence-corrected chi connectivity index (χ3v) is 6.04. The van der Waals surface area contributed by atoms with Gasteiger partial charge in [0.2, 0.25) is 0 Å². The molecule has 0 amide bonds. The summed E-state index contributed by atoms with van der Waals surface area (Å²) in [4.78, 5) is 11.9. The minimum atomic E-state index is -0.816. The van der Waals surface area contributed by atoms with Crippen molar-refractivity contribution in [2.75, 3.05) is 5.75 Å². The maximum absolute atomic E-state index is 12.8. The lowest BCUT2D eigenvalue weighted by atomic mass is 9.91. The van der Waals surface area contributed by atoms with Gasteiger partial charge >= 0.3 is 0 Å². The summed E-state index contributed by atoms with van der Waals surface area (Å²) in [7, 11) is -0.816. The van der Waals surface area contributed by atoms with Gasteiger partial charge in [0.15, 0.2) is 5.78 Å². The Morgan fingerprint density at radius 3 is 2.67 bits per heavy atom. The first-order chi connectivity index (χ1) is 10.1. The first-order valence-corrected chi connectivity index (χ1v) is 9.10. The van der Waals surface area contributed by atoms with Crippen molar-refractivity contribution in [1.29, 1.82) is 0 Å². The second-order valence-corrected chi connectivity index (χ2v) is 7.85. The summed E-state index contributed by atoms with van der Waals surface area (Å²) in [5.74, 6) is 0.946. The van der Waals surface area contributed by atoms with Crippen molar-refractivity contribution in [3.05, 3.63) is 35.6 Å². The number of carbonyl (C=O) groups is 1. The minimum Gasteiger partial charge on any atom is -0.294 e. The van der Waals surface area contributed by atoms with Gasteiger partial charge in [-0.1, -0.05) is 19.8 Å². The van der Waals surface area contributed by atoms with Gasteiger partial charge in [-0.3, -0.25) is 9.00 Å². The number of ketones is 1. The molecule has 0 aromatic heterocycles. The molecule has 1 aliphatic rings. The Kier molecular flexibility index (Phi) is 6.09. The molecule has 3 atom stereocenters. The number of carbonyl (C=O) groups excluding carboxylic acids is 1. The number of hydrogen-bond donors (Lipinski definition) is 0. The predicted molar refractivity (Wildman–Crippen MR) is 84.4 cm³/mol. The lowest BCUT2D eigenvalue weighted by molar-refractivity contribution is 0.0982. The summed E-state index contributed by atoms with van der Waals surface area (Å²) < 4.78 is 25.1. The second-order valence-electron chi connectivity index (χ2n) is 6.01. The fraction of sp³-hybridized carbons (Fsp3) is 0.588. The van der Waals surface area contributed by atoms with Gasteiger partial charge in [-0.2, -0.15) is 0 Å². The van der Waals surface area contributed by atoms with Gasteiger partial charge in [-0.05, 0) is 49.4 Å². The fourth-order valence-corrected chi connectivity index (χ4v) is 4.67. The Balaban J connectivity index is 1.74. The molecule has 0 radical (unpaired) electrons. The summed E-state index contributed by atoms with van der Waals surface area (Å²) in [6, 6.07) is 5.62. The molecule has 4 heteroatoms. The van der Waals surface area contributed by atoms with Crippen LogP contribution >= 0.6 is 0 Å². The molecule has 0 saturated heterocycles. The molecule has 2 rings (SSSR count). The molecule has 3 unspecified atom stereocenters. The van der Waals surface area contributed by atoms with E-state index in [1.807, 2.05) is 0 Å². The van der Waals surface area contributed by atoms with E-state index in [2.05, 4.69) is 6.92 Å². The number of halogens is 1. The summed E-state index contributed by atoms with van der Waals surface area (Å²) in [5.41, 5.74) is 0.536. The van der Waals surface area contributed by atoms with Gasteiger partial charge in [0.1, 0.15) is 5.82 Å². The van der Waals surface area contributed by atoms with Crippen molar-refractivity contribution in [2.24, 2.45) is 5.92 Å². The van der Waals surface area contributed by atoms with E-state index in [1.54, 1.807) is 0 Å². The van der Waals surface area contributed by atoms with Crippen LogP contribution in [0, 0.1) is 11.7 Å². The van der Waals surface area contributed by atoms with Crippen LogP contribution in [0.1, 0.15) is 55.8 Å². The van der Waals surface area contributed by atoms with Crippen LogP contribution in [0.3, 0.4) is 0 Å². The quantitative estimate of drug-likeness (QED) is 0.741. The zero-order valence-corrected chi connectivity index (χ0v) is 13.3. The van der Waals surface area contributed by atoms with Crippen LogP contribution in [-0.2, 0) is 10.8 Å². The van der Waals surface area contributed by atoms with Gasteiger partial charge < -0.3 is 0 Å². The van der Waals surface area contributed by atoms with Gasteiger partial charge in [-0.25, -0.2) is 4.39 Å². The zero-order valence-electron chi connectivity index (χ0n) is 12.5. The second kappa shape index (κ2) is 7.83. The number of hydrogen-bond acceptors (Lipinski definition) is 2. The highest BCUT2D eigenvalue weighted by molar-refractivity contribution is 7.85. The van der Waals surface area contributed by atoms with Gasteiger partial charge in [-0.15, -0.1) is 0 Å². The van der Waals surface area contributed by atoms with Crippen LogP contribution in [0.4, 0.5) is 4.39 Å². The van der Waals surface area contributed by atoms with E-state index in [0.717, 1.165) is 12.8 Å². The van der Waals surface area contributed by atoms with Crippen LogP contribution in [0.25, 0.3) is 0 Å². The molecule has 116 valence electrons. The van der Waals surface area contributed by atoms with E-state index in [1.165, 1.54) is 37.1 Å². The van der Waals surface area contributed by atoms with Gasteiger partial charge in [0, 0.05) is 33.8 Å². The van der Waals surface area contributed by atoms with Crippen LogP contribution in [0.5, 0.6) is 0 Å². The highest BCUT2D eigenvalue weighted by Gasteiger charge is 2.23. The third kappa shape index (κ3) is 5.03. The fourth-order valence-electron chi connectivity index (χ4n) is 2.94. The lowest BCUT2D eigenvalue weighted by Crippen LogP contribution is -2.24. The molecule has 0 heterocycles. The normalized spacial score (nSPS) is 23.7. The third-order valence-electron chi connectivity index (χ3n) is 4.18.